The Morgan fingerprint density at radius 1 is 1.25 bits per heavy atom. The van der Waals surface area contributed by atoms with Crippen LogP contribution in [0.3, 0.4) is 0 Å². The maximum Gasteiger partial charge on any atom is 0.439 e. The maximum atomic E-state index is 11.4. The highest BCUT2D eigenvalue weighted by molar-refractivity contribution is 6.31. The van der Waals surface area contributed by atoms with Gasteiger partial charge in [0.1, 0.15) is 11.2 Å². The van der Waals surface area contributed by atoms with Gasteiger partial charge in [0, 0.05) is 17.1 Å². The molecule has 1 N–H and O–H groups in total. The number of rotatable bonds is 4. The lowest BCUT2D eigenvalue weighted by Gasteiger charge is -2.26. The molecule has 4 aromatic rings. The van der Waals surface area contributed by atoms with Gasteiger partial charge in [0.15, 0.2) is 5.65 Å². The van der Waals surface area contributed by atoms with Crippen LogP contribution < -0.4 is 5.76 Å². The minimum Gasteiger partial charge on any atom is -0.327 e. The van der Waals surface area contributed by atoms with Gasteiger partial charge in [0.05, 0.1) is 18.0 Å². The first-order valence-electron chi connectivity index (χ1n) is 10.5. The van der Waals surface area contributed by atoms with E-state index in [4.69, 9.17) is 11.6 Å². The van der Waals surface area contributed by atoms with Crippen molar-refractivity contribution in [3.8, 4) is 29.0 Å². The van der Waals surface area contributed by atoms with Crippen LogP contribution in [-0.2, 0) is 6.54 Å². The minimum absolute atomic E-state index is 0.108. The van der Waals surface area contributed by atoms with Crippen molar-refractivity contribution in [2.45, 2.75) is 39.2 Å². The highest BCUT2D eigenvalue weighted by Gasteiger charge is 2.23. The molecule has 0 bridgehead atoms. The van der Waals surface area contributed by atoms with Crippen LogP contribution in [0.4, 0.5) is 0 Å². The second kappa shape index (κ2) is 8.20. The molecule has 5 rings (SSSR count). The molecule has 1 aliphatic carbocycles. The van der Waals surface area contributed by atoms with E-state index in [1.807, 2.05) is 0 Å². The van der Waals surface area contributed by atoms with E-state index in [-0.39, 0.29) is 11.6 Å². The van der Waals surface area contributed by atoms with Crippen LogP contribution in [-0.4, -0.2) is 29.7 Å². The van der Waals surface area contributed by atoms with Crippen molar-refractivity contribution < 1.29 is 4.52 Å². The summed E-state index contributed by atoms with van der Waals surface area (Å²) in [5, 5.41) is 13.5. The maximum absolute atomic E-state index is 11.4. The normalized spacial score (nSPS) is 18.7. The van der Waals surface area contributed by atoms with E-state index < -0.39 is 5.76 Å². The predicted octanol–water partition coefficient (Wildman–Crippen LogP) is 4.19. The molecule has 1 aromatic carbocycles. The predicted molar refractivity (Wildman–Crippen MR) is 118 cm³/mol. The molecule has 0 amide bonds. The second-order valence-corrected chi connectivity index (χ2v) is 8.81. The zero-order chi connectivity index (χ0) is 22.2. The van der Waals surface area contributed by atoms with E-state index in [2.05, 4.69) is 47.2 Å². The molecule has 1 fully saturated rings. The van der Waals surface area contributed by atoms with Crippen molar-refractivity contribution in [3.05, 3.63) is 45.7 Å². The summed E-state index contributed by atoms with van der Waals surface area (Å²) in [7, 11) is 0. The van der Waals surface area contributed by atoms with Crippen molar-refractivity contribution in [1.29, 1.82) is 5.26 Å². The average molecular weight is 450 g/mol. The van der Waals surface area contributed by atoms with E-state index in [9.17, 15) is 10.1 Å². The number of nitriles is 1. The first-order valence-corrected chi connectivity index (χ1v) is 10.9. The quantitative estimate of drug-likeness (QED) is 0.494. The summed E-state index contributed by atoms with van der Waals surface area (Å²) in [5.41, 5.74) is 2.87. The third-order valence-corrected chi connectivity index (χ3v) is 6.23. The number of aromatic amines is 1. The van der Waals surface area contributed by atoms with E-state index >= 15 is 0 Å². The van der Waals surface area contributed by atoms with Crippen LogP contribution in [0, 0.1) is 23.2 Å². The number of nitrogens with zero attached hydrogens (tertiary/aromatic N) is 6. The molecular formula is C22H20ClN7O2. The molecule has 162 valence electrons. The number of benzene rings is 1. The van der Waals surface area contributed by atoms with Crippen LogP contribution >= 0.6 is 11.6 Å². The molecule has 0 atom stereocenters. The lowest BCUT2D eigenvalue weighted by Crippen LogP contribution is -2.17. The molecule has 0 saturated heterocycles. The third-order valence-electron chi connectivity index (χ3n) is 6.01. The zero-order valence-corrected chi connectivity index (χ0v) is 18.1. The Bertz CT molecular complexity index is 1390. The van der Waals surface area contributed by atoms with Crippen molar-refractivity contribution in [3.63, 3.8) is 0 Å². The van der Waals surface area contributed by atoms with E-state index in [1.165, 1.54) is 25.7 Å². The number of H-pyrrole nitrogens is 1. The molecule has 10 heteroatoms. The Morgan fingerprint density at radius 2 is 2.06 bits per heavy atom. The Hall–Kier alpha value is -3.51. The van der Waals surface area contributed by atoms with Gasteiger partial charge in [0.2, 0.25) is 11.6 Å². The number of hydrogen-bond donors (Lipinski definition) is 1. The number of aromatic nitrogens is 6. The van der Waals surface area contributed by atoms with Gasteiger partial charge < -0.3 is 4.57 Å². The van der Waals surface area contributed by atoms with Gasteiger partial charge in [-0.1, -0.05) is 36.5 Å². The molecule has 1 aliphatic rings. The van der Waals surface area contributed by atoms with Crippen LogP contribution in [0.2, 0.25) is 5.02 Å². The van der Waals surface area contributed by atoms with Crippen molar-refractivity contribution >= 4 is 22.8 Å². The first-order chi connectivity index (χ1) is 15.5. The molecule has 0 radical (unpaired) electrons. The first kappa shape index (κ1) is 20.4. The van der Waals surface area contributed by atoms with Gasteiger partial charge in [-0.2, -0.15) is 5.26 Å². The lowest BCUT2D eigenvalue weighted by atomic mass is 9.83. The molecule has 0 spiro atoms. The van der Waals surface area contributed by atoms with E-state index in [0.29, 0.717) is 33.4 Å². The summed E-state index contributed by atoms with van der Waals surface area (Å²) in [6.45, 7) is 3.11. The topological polar surface area (TPSA) is 126 Å². The number of fused-ring (bicyclic) bond motifs is 1. The smallest absolute Gasteiger partial charge is 0.327 e. The molecule has 0 unspecified atom stereocenters. The van der Waals surface area contributed by atoms with E-state index in [0.717, 1.165) is 18.0 Å². The van der Waals surface area contributed by atoms with Crippen molar-refractivity contribution in [2.75, 3.05) is 0 Å². The number of hydrogen-bond acceptors (Lipinski definition) is 7. The summed E-state index contributed by atoms with van der Waals surface area (Å²) in [6, 6.07) is 7.20. The van der Waals surface area contributed by atoms with Crippen molar-refractivity contribution in [1.82, 2.24) is 29.7 Å². The fourth-order valence-corrected chi connectivity index (χ4v) is 4.57. The molecule has 9 nitrogen and oxygen atoms in total. The van der Waals surface area contributed by atoms with Gasteiger partial charge in [-0.05, 0) is 42.9 Å². The molecular weight excluding hydrogens is 430 g/mol. The van der Waals surface area contributed by atoms with Crippen LogP contribution in [0.15, 0.2) is 33.8 Å². The largest absolute Gasteiger partial charge is 0.439 e. The fraction of sp³-hybridized carbons (Fsp3) is 0.364. The molecule has 3 heterocycles. The standard InChI is InChI=1S/C22H20ClN7O2/c1-12-2-4-13(5-3-12)10-30-11-25-19-18(30)17(15-6-14(9-24)7-16(23)8-15)26-20(27-19)21-28-22(31)32-29-21/h6-8,11-13H,2-5,10H2,1H3,(H,28,29,31)/t12-,13-. The average Bonchev–Trinajstić information content (AvgIpc) is 3.40. The van der Waals surface area contributed by atoms with Gasteiger partial charge >= 0.3 is 5.76 Å². The van der Waals surface area contributed by atoms with Crippen LogP contribution in [0.5, 0.6) is 0 Å². The number of halogens is 1. The molecule has 3 aromatic heterocycles. The van der Waals surface area contributed by atoms with Gasteiger partial charge in [-0.3, -0.25) is 9.51 Å². The Morgan fingerprint density at radius 3 is 2.78 bits per heavy atom. The molecule has 32 heavy (non-hydrogen) atoms. The van der Waals surface area contributed by atoms with Gasteiger partial charge in [-0.15, -0.1) is 0 Å². The van der Waals surface area contributed by atoms with Gasteiger partial charge in [0.25, 0.3) is 0 Å². The minimum atomic E-state index is -0.697. The van der Waals surface area contributed by atoms with Gasteiger partial charge in [-0.25, -0.2) is 19.7 Å². The summed E-state index contributed by atoms with van der Waals surface area (Å²) >= 11 is 6.28. The van der Waals surface area contributed by atoms with E-state index in [1.54, 1.807) is 24.5 Å². The monoisotopic (exact) mass is 449 g/mol. The summed E-state index contributed by atoms with van der Waals surface area (Å²) in [5.74, 6) is 0.909. The molecule has 0 aliphatic heterocycles. The number of imidazole rings is 1. The second-order valence-electron chi connectivity index (χ2n) is 8.37. The van der Waals surface area contributed by atoms with Crippen LogP contribution in [0.1, 0.15) is 38.2 Å². The summed E-state index contributed by atoms with van der Waals surface area (Å²) < 4.78 is 6.69. The summed E-state index contributed by atoms with van der Waals surface area (Å²) in [4.78, 5) is 27.6. The Kier molecular flexibility index (Phi) is 5.23. The Balaban J connectivity index is 1.67. The fourth-order valence-electron chi connectivity index (χ4n) is 4.33. The van der Waals surface area contributed by atoms with Crippen molar-refractivity contribution in [2.24, 2.45) is 11.8 Å². The summed E-state index contributed by atoms with van der Waals surface area (Å²) in [6.07, 6.45) is 6.57. The Labute approximate surface area is 188 Å². The number of nitrogens with one attached hydrogen (secondary N) is 1. The molecule has 1 saturated carbocycles. The lowest BCUT2D eigenvalue weighted by molar-refractivity contribution is 0.266. The zero-order valence-electron chi connectivity index (χ0n) is 17.4. The highest BCUT2D eigenvalue weighted by atomic mass is 35.5. The third kappa shape index (κ3) is 3.89. The SMILES string of the molecule is C[C@H]1CC[C@H](Cn2cnc3nc(-c4noc(=O)[nH]4)nc(-c4cc(Cl)cc(C#N)c4)c32)CC1. The highest BCUT2D eigenvalue weighted by Crippen LogP contribution is 2.33. The van der Waals surface area contributed by atoms with Crippen LogP contribution in [0.25, 0.3) is 34.1 Å².